The number of alkyl halides is 3. The smallest absolute Gasteiger partial charge is 0.448 e. The molecule has 0 unspecified atom stereocenters. The van der Waals surface area contributed by atoms with Gasteiger partial charge in [0.05, 0.1) is 12.2 Å². The summed E-state index contributed by atoms with van der Waals surface area (Å²) in [7, 11) is 0. The number of hydrogen-bond donors (Lipinski definition) is 0. The van der Waals surface area contributed by atoms with Crippen molar-refractivity contribution in [2.24, 2.45) is 0 Å². The molecule has 0 saturated carbocycles. The summed E-state index contributed by atoms with van der Waals surface area (Å²) in [6.45, 7) is 1.65. The maximum Gasteiger partial charge on any atom is 0.451 e. The average molecular weight is 318 g/mol. The third-order valence-corrected chi connectivity index (χ3v) is 3.48. The normalized spacial score (nSPS) is 16.0. The van der Waals surface area contributed by atoms with E-state index < -0.39 is 12.0 Å². The molecular weight excluding hydrogens is 307 g/mol. The first-order valence-electron chi connectivity index (χ1n) is 6.30. The molecule has 21 heavy (non-hydrogen) atoms. The van der Waals surface area contributed by atoms with Crippen LogP contribution in [0.15, 0.2) is 22.7 Å². The van der Waals surface area contributed by atoms with Gasteiger partial charge in [0.1, 0.15) is 5.76 Å². The summed E-state index contributed by atoms with van der Waals surface area (Å²) in [5, 5.41) is 0.320. The summed E-state index contributed by atoms with van der Waals surface area (Å²) in [6.07, 6.45) is -2.79. The minimum absolute atomic E-state index is 0.320. The largest absolute Gasteiger partial charge is 0.451 e. The van der Waals surface area contributed by atoms with Gasteiger partial charge in [-0.05, 0) is 23.7 Å². The van der Waals surface area contributed by atoms with Gasteiger partial charge in [-0.3, -0.25) is 4.90 Å². The van der Waals surface area contributed by atoms with E-state index in [1.165, 1.54) is 6.20 Å². The standard InChI is InChI=1S/C13H11ClF3N3O/c14-11-2-1-9(21-11)7-20-4-3-10-8(6-20)5-18-12(19-10)13(15,16)17/h1-2,5H,3-4,6-7H2. The van der Waals surface area contributed by atoms with Crippen LogP contribution in [0.25, 0.3) is 0 Å². The van der Waals surface area contributed by atoms with Gasteiger partial charge in [0, 0.05) is 31.3 Å². The van der Waals surface area contributed by atoms with Crippen molar-refractivity contribution in [1.82, 2.24) is 14.9 Å². The predicted molar refractivity (Wildman–Crippen MR) is 68.6 cm³/mol. The van der Waals surface area contributed by atoms with E-state index in [0.717, 1.165) is 5.76 Å². The summed E-state index contributed by atoms with van der Waals surface area (Å²) in [5.41, 5.74) is 1.18. The second-order valence-corrected chi connectivity index (χ2v) is 5.20. The van der Waals surface area contributed by atoms with Gasteiger partial charge in [0.15, 0.2) is 5.22 Å². The van der Waals surface area contributed by atoms with Crippen LogP contribution in [-0.4, -0.2) is 21.4 Å². The lowest BCUT2D eigenvalue weighted by Crippen LogP contribution is -2.31. The Kier molecular flexibility index (Phi) is 3.62. The fourth-order valence-electron chi connectivity index (χ4n) is 2.30. The molecule has 4 nitrogen and oxygen atoms in total. The Balaban J connectivity index is 1.74. The van der Waals surface area contributed by atoms with Gasteiger partial charge in [0.25, 0.3) is 0 Å². The van der Waals surface area contributed by atoms with Gasteiger partial charge >= 0.3 is 6.18 Å². The third kappa shape index (κ3) is 3.19. The molecule has 0 bridgehead atoms. The minimum atomic E-state index is -4.50. The van der Waals surface area contributed by atoms with Crippen molar-refractivity contribution in [1.29, 1.82) is 0 Å². The van der Waals surface area contributed by atoms with Gasteiger partial charge in [-0.2, -0.15) is 13.2 Å². The first-order valence-corrected chi connectivity index (χ1v) is 6.68. The first kappa shape index (κ1) is 14.3. The predicted octanol–water partition coefficient (Wildman–Crippen LogP) is 3.30. The Morgan fingerprint density at radius 2 is 2.14 bits per heavy atom. The van der Waals surface area contributed by atoms with Crippen LogP contribution in [0.2, 0.25) is 5.22 Å². The quantitative estimate of drug-likeness (QED) is 0.852. The molecule has 2 aromatic heterocycles. The molecule has 0 aliphatic carbocycles. The molecule has 0 saturated heterocycles. The fraction of sp³-hybridized carbons (Fsp3) is 0.385. The number of nitrogens with zero attached hydrogens (tertiary/aromatic N) is 3. The molecule has 0 N–H and O–H groups in total. The number of aromatic nitrogens is 2. The highest BCUT2D eigenvalue weighted by Gasteiger charge is 2.35. The van der Waals surface area contributed by atoms with Gasteiger partial charge < -0.3 is 4.42 Å². The molecule has 112 valence electrons. The van der Waals surface area contributed by atoms with Crippen LogP contribution in [0.5, 0.6) is 0 Å². The van der Waals surface area contributed by atoms with Gasteiger partial charge in [0.2, 0.25) is 5.82 Å². The van der Waals surface area contributed by atoms with Crippen molar-refractivity contribution in [3.63, 3.8) is 0 Å². The summed E-state index contributed by atoms with van der Waals surface area (Å²) in [6, 6.07) is 3.44. The second-order valence-electron chi connectivity index (χ2n) is 4.83. The second kappa shape index (κ2) is 5.31. The number of hydrogen-bond acceptors (Lipinski definition) is 4. The van der Waals surface area contributed by atoms with Crippen molar-refractivity contribution in [2.75, 3.05) is 6.54 Å². The number of furan rings is 1. The van der Waals surface area contributed by atoms with Crippen molar-refractivity contribution in [2.45, 2.75) is 25.7 Å². The Hall–Kier alpha value is -1.60. The average Bonchev–Trinajstić information content (AvgIpc) is 2.82. The molecule has 0 fully saturated rings. The molecule has 0 atom stereocenters. The molecule has 1 aliphatic rings. The Bertz CT molecular complexity index is 656. The van der Waals surface area contributed by atoms with Crippen molar-refractivity contribution >= 4 is 11.6 Å². The van der Waals surface area contributed by atoms with Crippen molar-refractivity contribution in [3.8, 4) is 0 Å². The molecule has 1 aliphatic heterocycles. The zero-order chi connectivity index (χ0) is 15.0. The van der Waals surface area contributed by atoms with Crippen LogP contribution >= 0.6 is 11.6 Å². The van der Waals surface area contributed by atoms with Gasteiger partial charge in [-0.1, -0.05) is 0 Å². The topological polar surface area (TPSA) is 42.2 Å². The van der Waals surface area contributed by atoms with Crippen LogP contribution in [-0.2, 0) is 25.7 Å². The van der Waals surface area contributed by atoms with Crippen molar-refractivity contribution < 1.29 is 17.6 Å². The fourth-order valence-corrected chi connectivity index (χ4v) is 2.47. The van der Waals surface area contributed by atoms with Crippen LogP contribution in [0.1, 0.15) is 22.8 Å². The highest BCUT2D eigenvalue weighted by Crippen LogP contribution is 2.28. The maximum absolute atomic E-state index is 12.6. The van der Waals surface area contributed by atoms with E-state index in [1.54, 1.807) is 12.1 Å². The van der Waals surface area contributed by atoms with Gasteiger partial charge in [-0.25, -0.2) is 9.97 Å². The van der Waals surface area contributed by atoms with Crippen LogP contribution < -0.4 is 0 Å². The lowest BCUT2D eigenvalue weighted by atomic mass is 10.1. The first-order chi connectivity index (χ1) is 9.91. The van der Waals surface area contributed by atoms with E-state index in [1.807, 2.05) is 4.90 Å². The molecular formula is C13H11ClF3N3O. The highest BCUT2D eigenvalue weighted by atomic mass is 35.5. The lowest BCUT2D eigenvalue weighted by molar-refractivity contribution is -0.145. The molecule has 3 rings (SSSR count). The third-order valence-electron chi connectivity index (χ3n) is 3.27. The van der Waals surface area contributed by atoms with Crippen LogP contribution in [0.3, 0.4) is 0 Å². The number of halogens is 4. The van der Waals surface area contributed by atoms with Crippen LogP contribution in [0.4, 0.5) is 13.2 Å². The van der Waals surface area contributed by atoms with E-state index in [4.69, 9.17) is 16.0 Å². The monoisotopic (exact) mass is 317 g/mol. The molecule has 0 radical (unpaired) electrons. The molecule has 2 aromatic rings. The Morgan fingerprint density at radius 3 is 2.81 bits per heavy atom. The Labute approximate surface area is 123 Å². The number of fused-ring (bicyclic) bond motifs is 1. The van der Waals surface area contributed by atoms with E-state index in [0.29, 0.717) is 42.5 Å². The summed E-state index contributed by atoms with van der Waals surface area (Å²) in [5.74, 6) is -0.358. The van der Waals surface area contributed by atoms with Gasteiger partial charge in [-0.15, -0.1) is 0 Å². The molecule has 0 amide bonds. The molecule has 3 heterocycles. The zero-order valence-electron chi connectivity index (χ0n) is 10.8. The SMILES string of the molecule is FC(F)(F)c1ncc2c(n1)CCN(Cc1ccc(Cl)o1)C2. The van der Waals surface area contributed by atoms with E-state index in [2.05, 4.69) is 9.97 Å². The number of rotatable bonds is 2. The molecule has 0 aromatic carbocycles. The molecule has 8 heteroatoms. The van der Waals surface area contributed by atoms with E-state index in [9.17, 15) is 13.2 Å². The Morgan fingerprint density at radius 1 is 1.33 bits per heavy atom. The van der Waals surface area contributed by atoms with Crippen molar-refractivity contribution in [3.05, 3.63) is 46.4 Å². The zero-order valence-corrected chi connectivity index (χ0v) is 11.6. The maximum atomic E-state index is 12.6. The van der Waals surface area contributed by atoms with Crippen LogP contribution in [0, 0.1) is 0 Å². The van der Waals surface area contributed by atoms with E-state index >= 15 is 0 Å². The minimum Gasteiger partial charge on any atom is -0.448 e. The summed E-state index contributed by atoms with van der Waals surface area (Å²) >= 11 is 5.71. The highest BCUT2D eigenvalue weighted by molar-refractivity contribution is 6.28. The lowest BCUT2D eigenvalue weighted by Gasteiger charge is -2.27. The summed E-state index contributed by atoms with van der Waals surface area (Å²) < 4.78 is 43.0. The van der Waals surface area contributed by atoms with E-state index in [-0.39, 0.29) is 0 Å². The molecule has 0 spiro atoms. The summed E-state index contributed by atoms with van der Waals surface area (Å²) in [4.78, 5) is 9.07.